The molecular formula is C12H14BrN3S. The third-order valence-corrected chi connectivity index (χ3v) is 3.55. The largest absolute Gasteiger partial charge is 0.396 e. The quantitative estimate of drug-likeness (QED) is 0.908. The predicted molar refractivity (Wildman–Crippen MR) is 77.5 cm³/mol. The van der Waals surface area contributed by atoms with E-state index in [1.54, 1.807) is 17.5 Å². The average Bonchev–Trinajstić information content (AvgIpc) is 2.75. The van der Waals surface area contributed by atoms with Gasteiger partial charge in [-0.2, -0.15) is 11.3 Å². The fourth-order valence-corrected chi connectivity index (χ4v) is 2.65. The monoisotopic (exact) mass is 311 g/mol. The van der Waals surface area contributed by atoms with Crippen LogP contribution in [0.3, 0.4) is 0 Å². The summed E-state index contributed by atoms with van der Waals surface area (Å²) in [6.07, 6.45) is 2.72. The molecular weight excluding hydrogens is 298 g/mol. The Bertz CT molecular complexity index is 485. The van der Waals surface area contributed by atoms with Crippen LogP contribution < -0.4 is 11.1 Å². The van der Waals surface area contributed by atoms with Crippen LogP contribution >= 0.6 is 27.3 Å². The Balaban J connectivity index is 2.00. The first-order valence-electron chi connectivity index (χ1n) is 5.34. The molecule has 2 aromatic heterocycles. The van der Waals surface area contributed by atoms with Gasteiger partial charge in [-0.15, -0.1) is 0 Å². The van der Waals surface area contributed by atoms with E-state index in [9.17, 15) is 0 Å². The molecule has 0 aliphatic carbocycles. The summed E-state index contributed by atoms with van der Waals surface area (Å²) in [7, 11) is 0. The number of hydrogen-bond donors (Lipinski definition) is 2. The number of nitrogens with one attached hydrogen (secondary N) is 1. The van der Waals surface area contributed by atoms with Crippen molar-refractivity contribution < 1.29 is 0 Å². The van der Waals surface area contributed by atoms with Crippen molar-refractivity contribution in [3.63, 3.8) is 0 Å². The molecule has 0 aromatic carbocycles. The number of hydrogen-bond acceptors (Lipinski definition) is 4. The average molecular weight is 312 g/mol. The first-order chi connectivity index (χ1) is 8.15. The van der Waals surface area contributed by atoms with Crippen molar-refractivity contribution in [3.05, 3.63) is 39.1 Å². The summed E-state index contributed by atoms with van der Waals surface area (Å²) in [5.74, 6) is 0.746. The summed E-state index contributed by atoms with van der Waals surface area (Å²) in [6.45, 7) is 2.13. The molecule has 0 aliphatic rings. The summed E-state index contributed by atoms with van der Waals surface area (Å²) < 4.78 is 0.894. The van der Waals surface area contributed by atoms with E-state index in [1.165, 1.54) is 5.56 Å². The number of nitrogen functional groups attached to an aromatic ring is 1. The van der Waals surface area contributed by atoms with Gasteiger partial charge in [-0.05, 0) is 57.7 Å². The molecule has 3 nitrogen and oxygen atoms in total. The number of nitrogens with zero attached hydrogens (tertiary/aromatic N) is 1. The van der Waals surface area contributed by atoms with Gasteiger partial charge in [-0.25, -0.2) is 4.98 Å². The molecule has 0 saturated carbocycles. The lowest BCUT2D eigenvalue weighted by Crippen LogP contribution is -2.19. The molecule has 0 amide bonds. The maximum Gasteiger partial charge on any atom is 0.149 e. The van der Waals surface area contributed by atoms with E-state index < -0.39 is 0 Å². The maximum atomic E-state index is 5.89. The summed E-state index contributed by atoms with van der Waals surface area (Å²) in [5, 5.41) is 7.58. The van der Waals surface area contributed by atoms with Gasteiger partial charge in [0.2, 0.25) is 0 Å². The minimum absolute atomic E-state index is 0.306. The number of thiophene rings is 1. The highest BCUT2D eigenvalue weighted by Crippen LogP contribution is 2.21. The minimum Gasteiger partial charge on any atom is -0.396 e. The summed E-state index contributed by atoms with van der Waals surface area (Å²) in [5.41, 5.74) is 7.89. The van der Waals surface area contributed by atoms with Crippen molar-refractivity contribution >= 4 is 38.8 Å². The van der Waals surface area contributed by atoms with Crippen LogP contribution in [-0.4, -0.2) is 11.0 Å². The fourth-order valence-electron chi connectivity index (χ4n) is 1.62. The number of anilines is 2. The van der Waals surface area contributed by atoms with E-state index in [4.69, 9.17) is 5.73 Å². The third kappa shape index (κ3) is 3.44. The molecule has 0 radical (unpaired) electrons. The Hall–Kier alpha value is -1.07. The van der Waals surface area contributed by atoms with Gasteiger partial charge in [-0.1, -0.05) is 0 Å². The van der Waals surface area contributed by atoms with Crippen LogP contribution in [0.4, 0.5) is 11.5 Å². The second-order valence-electron chi connectivity index (χ2n) is 3.97. The maximum absolute atomic E-state index is 5.89. The van der Waals surface area contributed by atoms with Gasteiger partial charge in [0.05, 0.1) is 5.69 Å². The highest BCUT2D eigenvalue weighted by Gasteiger charge is 2.07. The van der Waals surface area contributed by atoms with Gasteiger partial charge in [0.1, 0.15) is 5.82 Å². The van der Waals surface area contributed by atoms with Gasteiger partial charge in [-0.3, -0.25) is 0 Å². The second kappa shape index (κ2) is 5.51. The van der Waals surface area contributed by atoms with E-state index in [-0.39, 0.29) is 0 Å². The molecule has 1 atom stereocenters. The van der Waals surface area contributed by atoms with Crippen LogP contribution in [-0.2, 0) is 6.42 Å². The molecule has 0 spiro atoms. The zero-order valence-electron chi connectivity index (χ0n) is 9.48. The molecule has 3 N–H and O–H groups in total. The van der Waals surface area contributed by atoms with Crippen molar-refractivity contribution in [2.24, 2.45) is 0 Å². The molecule has 17 heavy (non-hydrogen) atoms. The zero-order valence-corrected chi connectivity index (χ0v) is 11.9. The normalized spacial score (nSPS) is 12.4. The van der Waals surface area contributed by atoms with E-state index >= 15 is 0 Å². The zero-order chi connectivity index (χ0) is 12.3. The highest BCUT2D eigenvalue weighted by atomic mass is 79.9. The van der Waals surface area contributed by atoms with Crippen molar-refractivity contribution in [2.45, 2.75) is 19.4 Å². The number of aromatic nitrogens is 1. The minimum atomic E-state index is 0.306. The van der Waals surface area contributed by atoms with E-state index in [0.29, 0.717) is 11.7 Å². The molecule has 0 fully saturated rings. The lowest BCUT2D eigenvalue weighted by molar-refractivity contribution is 0.787. The van der Waals surface area contributed by atoms with Gasteiger partial charge in [0.15, 0.2) is 0 Å². The van der Waals surface area contributed by atoms with Crippen LogP contribution in [0.15, 0.2) is 33.6 Å². The van der Waals surface area contributed by atoms with Crippen molar-refractivity contribution in [1.82, 2.24) is 4.98 Å². The molecule has 90 valence electrons. The predicted octanol–water partition coefficient (Wildman–Crippen LogP) is 3.53. The first kappa shape index (κ1) is 12.4. The molecule has 5 heteroatoms. The lowest BCUT2D eigenvalue weighted by Gasteiger charge is -2.15. The topological polar surface area (TPSA) is 50.9 Å². The molecule has 2 heterocycles. The number of halogens is 1. The van der Waals surface area contributed by atoms with E-state index in [1.807, 2.05) is 6.07 Å². The number of pyridine rings is 1. The molecule has 0 saturated heterocycles. The molecule has 2 aromatic rings. The van der Waals surface area contributed by atoms with Crippen LogP contribution in [0.25, 0.3) is 0 Å². The molecule has 1 unspecified atom stereocenters. The smallest absolute Gasteiger partial charge is 0.149 e. The third-order valence-electron chi connectivity index (χ3n) is 2.39. The van der Waals surface area contributed by atoms with Crippen LogP contribution in [0, 0.1) is 0 Å². The standard InChI is InChI=1S/C12H14BrN3S/c1-8(4-9-2-3-17-7-9)16-12-11(14)5-10(13)6-15-12/h2-3,5-8H,4,14H2,1H3,(H,15,16). The van der Waals surface area contributed by atoms with Crippen molar-refractivity contribution in [1.29, 1.82) is 0 Å². The van der Waals surface area contributed by atoms with Gasteiger partial charge in [0.25, 0.3) is 0 Å². The van der Waals surface area contributed by atoms with Crippen molar-refractivity contribution in [3.8, 4) is 0 Å². The van der Waals surface area contributed by atoms with Crippen LogP contribution in [0.1, 0.15) is 12.5 Å². The Morgan fingerprint density at radius 2 is 2.41 bits per heavy atom. The SMILES string of the molecule is CC(Cc1ccsc1)Nc1ncc(Br)cc1N. The summed E-state index contributed by atoms with van der Waals surface area (Å²) in [4.78, 5) is 4.27. The second-order valence-corrected chi connectivity index (χ2v) is 5.67. The lowest BCUT2D eigenvalue weighted by atomic mass is 10.1. The van der Waals surface area contributed by atoms with E-state index in [2.05, 4.69) is 50.0 Å². The van der Waals surface area contributed by atoms with Gasteiger partial charge < -0.3 is 11.1 Å². The number of nitrogens with two attached hydrogens (primary N) is 1. The Labute approximate surface area is 113 Å². The molecule has 0 aliphatic heterocycles. The first-order valence-corrected chi connectivity index (χ1v) is 7.07. The summed E-state index contributed by atoms with van der Waals surface area (Å²) >= 11 is 5.06. The van der Waals surface area contributed by atoms with Gasteiger partial charge >= 0.3 is 0 Å². The number of rotatable bonds is 4. The Morgan fingerprint density at radius 1 is 1.59 bits per heavy atom. The Morgan fingerprint density at radius 3 is 3.06 bits per heavy atom. The van der Waals surface area contributed by atoms with Crippen molar-refractivity contribution in [2.75, 3.05) is 11.1 Å². The highest BCUT2D eigenvalue weighted by molar-refractivity contribution is 9.10. The van der Waals surface area contributed by atoms with Crippen LogP contribution in [0.2, 0.25) is 0 Å². The van der Waals surface area contributed by atoms with Crippen LogP contribution in [0.5, 0.6) is 0 Å². The van der Waals surface area contributed by atoms with E-state index in [0.717, 1.165) is 16.7 Å². The molecule has 0 bridgehead atoms. The molecule has 2 rings (SSSR count). The van der Waals surface area contributed by atoms with Gasteiger partial charge in [0, 0.05) is 16.7 Å². The fraction of sp³-hybridized carbons (Fsp3) is 0.250. The Kier molecular flexibility index (Phi) is 4.02. The summed E-state index contributed by atoms with van der Waals surface area (Å²) in [6, 6.07) is 4.30.